The molecule has 0 saturated heterocycles. The van der Waals surface area contributed by atoms with Crippen LogP contribution in [-0.4, -0.2) is 15.0 Å². The molecule has 0 fully saturated rings. The summed E-state index contributed by atoms with van der Waals surface area (Å²) in [5.41, 5.74) is 19.1. The maximum absolute atomic E-state index is 4.35. The topological polar surface area (TPSA) is 50.3 Å². The van der Waals surface area contributed by atoms with E-state index in [2.05, 4.69) is 452 Å². The molecule has 0 aliphatic rings. The highest BCUT2D eigenvalue weighted by molar-refractivity contribution is 9.08. The Bertz CT molecular complexity index is 6100. The fraction of sp³-hybridized carbons (Fsp3) is 0.244. The number of hydrogen-bond donors (Lipinski definition) is 0. The molecule has 130 heavy (non-hydrogen) atoms. The normalized spacial score (nSPS) is 10.1. The van der Waals surface area contributed by atoms with Gasteiger partial charge in [-0.15, -0.1) is 0 Å². The zero-order valence-electron chi connectivity index (χ0n) is 76.8. The lowest BCUT2D eigenvalue weighted by atomic mass is 9.97. The minimum Gasteiger partial charge on any atom is -2.00 e. The lowest BCUT2D eigenvalue weighted by molar-refractivity contribution is -0.688. The van der Waals surface area contributed by atoms with Gasteiger partial charge in [0.05, 0.1) is 33.4 Å². The Balaban J connectivity index is 0.000000428. The van der Waals surface area contributed by atoms with Crippen LogP contribution < -0.4 is 64.6 Å². The highest BCUT2D eigenvalue weighted by atomic mass is 79.9. The quantitative estimate of drug-likeness (QED) is 0.0908. The molecule has 0 aliphatic carbocycles. The van der Waals surface area contributed by atoms with Crippen LogP contribution in [0.25, 0.3) is 0 Å². The number of rotatable bonds is 7. The summed E-state index contributed by atoms with van der Waals surface area (Å²) in [6.07, 6.45) is 23.1. The van der Waals surface area contributed by atoms with Crippen LogP contribution in [0.2, 0.25) is 0 Å². The van der Waals surface area contributed by atoms with Gasteiger partial charge in [-0.2, -0.15) is 13.7 Å². The Morgan fingerprint density at radius 3 is 0.546 bits per heavy atom. The van der Waals surface area contributed by atoms with Crippen LogP contribution in [0.4, 0.5) is 0 Å². The van der Waals surface area contributed by atoms with Crippen LogP contribution in [-0.2, 0) is 38.5 Å². The number of hydrogen-bond acceptors (Lipinski definition) is 3. The average Bonchev–Trinajstić information content (AvgIpc) is 0.638. The highest BCUT2D eigenvalue weighted by Crippen LogP contribution is 2.20. The molecule has 0 spiro atoms. The Morgan fingerprint density at radius 2 is 0.362 bits per heavy atom. The molecule has 11 heteroatoms. The van der Waals surface area contributed by atoms with Gasteiger partial charge >= 0.3 is 0 Å². The molecule has 6 aromatic heterocycles. The van der Waals surface area contributed by atoms with Gasteiger partial charge in [0, 0.05) is 158 Å². The van der Waals surface area contributed by atoms with Crippen LogP contribution in [0.5, 0.6) is 0 Å². The van der Waals surface area contributed by atoms with Gasteiger partial charge in [-0.25, -0.2) is 0 Å². The van der Waals surface area contributed by atoms with Crippen LogP contribution in [0, 0.1) is 175 Å². The first kappa shape index (κ1) is 108. The summed E-state index contributed by atoms with van der Waals surface area (Å²) < 4.78 is 6.50. The first-order chi connectivity index (χ1) is 59.4. The van der Waals surface area contributed by atoms with Crippen molar-refractivity contribution in [1.29, 1.82) is 0 Å². The summed E-state index contributed by atoms with van der Waals surface area (Å²) in [5, 5.41) is 0.952. The van der Waals surface area contributed by atoms with E-state index in [0.29, 0.717) is 19.6 Å². The van der Waals surface area contributed by atoms with Gasteiger partial charge in [0.2, 0.25) is 0 Å². The zero-order chi connectivity index (χ0) is 89.5. The van der Waals surface area contributed by atoms with Crippen molar-refractivity contribution in [3.63, 3.8) is 0 Å². The molecular weight excluding hydrogens is 1870 g/mol. The number of alkyl halides is 1. The van der Waals surface area contributed by atoms with Gasteiger partial charge in [0.25, 0.3) is 0 Å². The van der Waals surface area contributed by atoms with E-state index < -0.39 is 0 Å². The average molecular weight is 1980 g/mol. The summed E-state index contributed by atoms with van der Waals surface area (Å²) in [4.78, 5) is 13.0. The van der Waals surface area contributed by atoms with Crippen molar-refractivity contribution < 1.29 is 64.6 Å². The fourth-order valence-electron chi connectivity index (χ4n) is 11.4. The minimum absolute atomic E-state index is 0. The standard InChI is InChI=1S/C66H60N3.C45H39N3.C7H7Br.CH4.3BrH.S/c1-64(2,3)34-31-61-40-58(46-67(49-61)43-52-19-13-10-14-20-52)28-25-55-37-56(26-29-59-41-62(32-35-65(4,5)6)50-68(47-59)44-53-21-15-11-16-22-53)39-57(38-55)27-30-60-42-63(33-36-66(7,8)9)51-69(48-60)45-54-23-17-12-18-24-54;1-43(2,3)19-16-40-25-37(28-46-31-40)13-10-34-22-35(11-14-38-26-41(32-47-29-38)17-20-44(4,5)6)24-36(23-34)12-15-39-27-42(33-48-30-39)18-21-45(7,8)9;8-6-7-4-2-1-3-5-7;;;;;/h10-24,37-42,46-51H,43-45H2,1-9H3;22-33H,1-9H3;1-5H,6H2;1H4;3*1H;/q+3;;;;;;;-2/p-3. The molecule has 12 rings (SSSR count). The molecule has 0 radical (unpaired) electrons. The van der Waals surface area contributed by atoms with Gasteiger partial charge in [-0.1, -0.05) is 287 Å². The fourth-order valence-corrected chi connectivity index (χ4v) is 11.8. The molecule has 0 bridgehead atoms. The highest BCUT2D eigenvalue weighted by Gasteiger charge is 2.15. The molecule has 0 N–H and O–H groups in total. The first-order valence-corrected chi connectivity index (χ1v) is 42.9. The summed E-state index contributed by atoms with van der Waals surface area (Å²) in [5.74, 6) is 80.3. The van der Waals surface area contributed by atoms with E-state index in [1.165, 1.54) is 22.3 Å². The number of nitrogens with zero attached hydrogens (tertiary/aromatic N) is 6. The van der Waals surface area contributed by atoms with Crippen molar-refractivity contribution in [3.8, 4) is 142 Å². The third-order valence-electron chi connectivity index (χ3n) is 17.1. The van der Waals surface area contributed by atoms with Crippen molar-refractivity contribution in [1.82, 2.24) is 15.0 Å². The lowest BCUT2D eigenvalue weighted by Gasteiger charge is -2.06. The van der Waals surface area contributed by atoms with E-state index in [1.807, 2.05) is 91.0 Å². The van der Waals surface area contributed by atoms with Crippen molar-refractivity contribution in [2.45, 2.75) is 157 Å². The molecule has 6 aromatic carbocycles. The van der Waals surface area contributed by atoms with Crippen molar-refractivity contribution in [3.05, 3.63) is 391 Å². The molecule has 6 nitrogen and oxygen atoms in total. The zero-order valence-corrected chi connectivity index (χ0v) is 84.0. The second-order valence-electron chi connectivity index (χ2n) is 36.5. The van der Waals surface area contributed by atoms with Gasteiger partial charge in [-0.05, 0) is 203 Å². The molecule has 0 unspecified atom stereocenters. The first-order valence-electron chi connectivity index (χ1n) is 41.8. The van der Waals surface area contributed by atoms with E-state index in [9.17, 15) is 0 Å². The van der Waals surface area contributed by atoms with Gasteiger partial charge in [0.15, 0.2) is 56.8 Å². The van der Waals surface area contributed by atoms with Crippen molar-refractivity contribution >= 4 is 29.4 Å². The van der Waals surface area contributed by atoms with Crippen molar-refractivity contribution in [2.24, 2.45) is 32.5 Å². The maximum atomic E-state index is 4.35. The molecule has 12 aromatic rings. The van der Waals surface area contributed by atoms with E-state index >= 15 is 0 Å². The van der Waals surface area contributed by atoms with Crippen molar-refractivity contribution in [2.75, 3.05) is 0 Å². The van der Waals surface area contributed by atoms with E-state index in [1.54, 1.807) is 37.2 Å². The third-order valence-corrected chi connectivity index (χ3v) is 17.7. The number of pyridine rings is 6. The number of benzene rings is 6. The number of halogens is 4. The summed E-state index contributed by atoms with van der Waals surface area (Å²) in [6, 6.07) is 65.7. The summed E-state index contributed by atoms with van der Waals surface area (Å²) in [7, 11) is 0. The lowest BCUT2D eigenvalue weighted by Crippen LogP contribution is -3.00. The van der Waals surface area contributed by atoms with Crippen LogP contribution in [0.1, 0.15) is 254 Å². The molecule has 0 atom stereocenters. The smallest absolute Gasteiger partial charge is 0.184 e. The largest absolute Gasteiger partial charge is 2.00 e. The predicted octanol–water partition coefficient (Wildman–Crippen LogP) is 13.6. The maximum Gasteiger partial charge on any atom is 0.184 e. The Morgan fingerprint density at radius 1 is 0.215 bits per heavy atom. The van der Waals surface area contributed by atoms with Crippen LogP contribution >= 0.6 is 15.9 Å². The molecule has 0 amide bonds. The summed E-state index contributed by atoms with van der Waals surface area (Å²) >= 11 is 3.36. The molecule has 6 heterocycles. The predicted molar refractivity (Wildman–Crippen MR) is 529 cm³/mol. The SMILES string of the molecule is BrCc1ccccc1.C.CC(C)(C)C#Cc1cc(C#Cc2cc(C#Cc3cc(C#CC(C)(C)C)c[n+](Cc4ccccc4)c3)cc(C#Cc3cc(C#CC(C)(C)C)c[n+](Cc4ccccc4)c3)c2)c[n+](Cc2ccccc2)c1.CC(C)(C)C#Cc1cncc(C#Cc2cc(C#Cc3cncc(C#CC(C)(C)C)c3)cc(C#Cc3cncc(C#CC(C)(C)C)c3)c2)c1.[Br-].[Br-].[Br-].[S-2]. The van der Waals surface area contributed by atoms with Crippen LogP contribution in [0.3, 0.4) is 0 Å². The Labute approximate surface area is 824 Å². The Kier molecular flexibility index (Phi) is 42.6. The van der Waals surface area contributed by atoms with Crippen LogP contribution in [0.15, 0.2) is 268 Å². The third kappa shape index (κ3) is 42.0. The Hall–Kier alpha value is -12.8. The summed E-state index contributed by atoms with van der Waals surface area (Å²) in [6.45, 7) is 39.9. The molecule has 0 aliphatic heterocycles. The molecule has 0 saturated carbocycles. The molecule has 652 valence electrons. The number of aromatic nitrogens is 6. The van der Waals surface area contributed by atoms with E-state index in [4.69, 9.17) is 0 Å². The monoisotopic (exact) mass is 1970 g/mol. The molecular formula is C119H110Br4N6S-2. The van der Waals surface area contributed by atoms with Gasteiger partial charge in [0.1, 0.15) is 0 Å². The van der Waals surface area contributed by atoms with Gasteiger partial charge < -0.3 is 64.4 Å². The van der Waals surface area contributed by atoms with E-state index in [-0.39, 0.29) is 104 Å². The second kappa shape index (κ2) is 51.4. The van der Waals surface area contributed by atoms with Gasteiger partial charge in [-0.3, -0.25) is 15.0 Å². The minimum atomic E-state index is -0.141. The second-order valence-corrected chi connectivity index (χ2v) is 37.1. The van der Waals surface area contributed by atoms with E-state index in [0.717, 1.165) is 105 Å².